The van der Waals surface area contributed by atoms with Crippen molar-refractivity contribution in [2.24, 2.45) is 5.73 Å². The fourth-order valence-corrected chi connectivity index (χ4v) is 2.93. The molecule has 2 rings (SSSR count). The van der Waals surface area contributed by atoms with E-state index in [0.717, 1.165) is 6.42 Å². The third-order valence-electron chi connectivity index (χ3n) is 2.53. The Morgan fingerprint density at radius 3 is 3.14 bits per heavy atom. The third kappa shape index (κ3) is 2.31. The summed E-state index contributed by atoms with van der Waals surface area (Å²) in [4.78, 5) is 1.48. The van der Waals surface area contributed by atoms with Gasteiger partial charge in [0.2, 0.25) is 0 Å². The number of fused-ring (bicyclic) bond motifs is 1. The van der Waals surface area contributed by atoms with E-state index in [1.54, 1.807) is 0 Å². The van der Waals surface area contributed by atoms with E-state index in [9.17, 15) is 0 Å². The van der Waals surface area contributed by atoms with Crippen molar-refractivity contribution in [3.05, 3.63) is 29.3 Å². The molecule has 1 nitrogen and oxygen atoms in total. The molecule has 2 heteroatoms. The zero-order chi connectivity index (χ0) is 9.97. The van der Waals surface area contributed by atoms with E-state index in [4.69, 9.17) is 5.73 Å². The molecule has 76 valence electrons. The number of aryl methyl sites for hydroxylation is 1. The summed E-state index contributed by atoms with van der Waals surface area (Å²) in [5.41, 5.74) is 8.71. The SMILES string of the molecule is CC(N)Cc1ccc2c(c1)CCCS2. The van der Waals surface area contributed by atoms with E-state index >= 15 is 0 Å². The Morgan fingerprint density at radius 1 is 1.50 bits per heavy atom. The Hall–Kier alpha value is -0.470. The molecule has 1 heterocycles. The summed E-state index contributed by atoms with van der Waals surface area (Å²) in [5.74, 6) is 1.28. The van der Waals surface area contributed by atoms with Crippen LogP contribution < -0.4 is 5.73 Å². The Kier molecular flexibility index (Phi) is 3.14. The van der Waals surface area contributed by atoms with Crippen LogP contribution in [0.2, 0.25) is 0 Å². The molecule has 1 aliphatic rings. The van der Waals surface area contributed by atoms with Crippen molar-refractivity contribution >= 4 is 11.8 Å². The van der Waals surface area contributed by atoms with Crippen molar-refractivity contribution in [1.82, 2.24) is 0 Å². The van der Waals surface area contributed by atoms with Crippen LogP contribution >= 0.6 is 11.8 Å². The minimum absolute atomic E-state index is 0.268. The second-order valence-corrected chi connectivity index (χ2v) is 5.21. The van der Waals surface area contributed by atoms with E-state index in [2.05, 4.69) is 25.1 Å². The van der Waals surface area contributed by atoms with E-state index in [1.165, 1.54) is 34.6 Å². The summed E-state index contributed by atoms with van der Waals surface area (Å²) < 4.78 is 0. The van der Waals surface area contributed by atoms with Gasteiger partial charge in [0, 0.05) is 10.9 Å². The van der Waals surface area contributed by atoms with Gasteiger partial charge in [-0.05, 0) is 49.1 Å². The van der Waals surface area contributed by atoms with E-state index < -0.39 is 0 Å². The topological polar surface area (TPSA) is 26.0 Å². The highest BCUT2D eigenvalue weighted by Gasteiger charge is 2.10. The van der Waals surface area contributed by atoms with Crippen LogP contribution in [0.5, 0.6) is 0 Å². The molecule has 0 fully saturated rings. The zero-order valence-electron chi connectivity index (χ0n) is 8.62. The van der Waals surface area contributed by atoms with Crippen LogP contribution in [0.25, 0.3) is 0 Å². The van der Waals surface area contributed by atoms with Crippen LogP contribution in [0.3, 0.4) is 0 Å². The van der Waals surface area contributed by atoms with Gasteiger partial charge in [-0.15, -0.1) is 11.8 Å². The quantitative estimate of drug-likeness (QED) is 0.806. The molecule has 0 aromatic heterocycles. The molecular weight excluding hydrogens is 190 g/mol. The van der Waals surface area contributed by atoms with Gasteiger partial charge in [0.25, 0.3) is 0 Å². The third-order valence-corrected chi connectivity index (χ3v) is 3.73. The first-order chi connectivity index (χ1) is 6.75. The fraction of sp³-hybridized carbons (Fsp3) is 0.500. The predicted octanol–water partition coefficient (Wildman–Crippen LogP) is 2.61. The van der Waals surface area contributed by atoms with Crippen molar-refractivity contribution in [2.75, 3.05) is 5.75 Å². The highest BCUT2D eigenvalue weighted by Crippen LogP contribution is 2.30. The number of thioether (sulfide) groups is 1. The van der Waals surface area contributed by atoms with Gasteiger partial charge < -0.3 is 5.73 Å². The Labute approximate surface area is 90.1 Å². The van der Waals surface area contributed by atoms with Gasteiger partial charge in [-0.1, -0.05) is 12.1 Å². The standard InChI is InChI=1S/C12H17NS/c1-9(13)7-10-4-5-12-11(8-10)3-2-6-14-12/h4-5,8-9H,2-3,6-7,13H2,1H3. The molecular formula is C12H17NS. The molecule has 1 aromatic rings. The maximum Gasteiger partial charge on any atom is 0.0104 e. The molecule has 1 aliphatic heterocycles. The van der Waals surface area contributed by atoms with Crippen molar-refractivity contribution in [1.29, 1.82) is 0 Å². The van der Waals surface area contributed by atoms with Gasteiger partial charge in [0.05, 0.1) is 0 Å². The van der Waals surface area contributed by atoms with Gasteiger partial charge in [-0.25, -0.2) is 0 Å². The van der Waals surface area contributed by atoms with E-state index in [0.29, 0.717) is 0 Å². The first kappa shape index (κ1) is 10.1. The van der Waals surface area contributed by atoms with Crippen LogP contribution in [0.4, 0.5) is 0 Å². The number of hydrogen-bond donors (Lipinski definition) is 1. The molecule has 1 atom stereocenters. The fourth-order valence-electron chi connectivity index (χ4n) is 1.91. The zero-order valence-corrected chi connectivity index (χ0v) is 9.44. The van der Waals surface area contributed by atoms with E-state index in [1.807, 2.05) is 11.8 Å². The Morgan fingerprint density at radius 2 is 2.36 bits per heavy atom. The Bertz CT molecular complexity index is 320. The summed E-state index contributed by atoms with van der Waals surface area (Å²) in [5, 5.41) is 0. The second-order valence-electron chi connectivity index (χ2n) is 4.08. The van der Waals surface area contributed by atoms with Crippen LogP contribution in [0.15, 0.2) is 23.1 Å². The normalized spacial score (nSPS) is 17.6. The van der Waals surface area contributed by atoms with Crippen LogP contribution in [0.1, 0.15) is 24.5 Å². The maximum absolute atomic E-state index is 5.80. The van der Waals surface area contributed by atoms with Crippen molar-refractivity contribution in [2.45, 2.75) is 37.1 Å². The summed E-state index contributed by atoms with van der Waals surface area (Å²) in [6.45, 7) is 2.06. The van der Waals surface area contributed by atoms with Crippen molar-refractivity contribution in [3.63, 3.8) is 0 Å². The molecule has 0 saturated heterocycles. The molecule has 0 saturated carbocycles. The van der Waals surface area contributed by atoms with Crippen LogP contribution in [-0.4, -0.2) is 11.8 Å². The lowest BCUT2D eigenvalue weighted by Gasteiger charge is -2.16. The summed E-state index contributed by atoms with van der Waals surface area (Å²) in [6.07, 6.45) is 3.56. The monoisotopic (exact) mass is 207 g/mol. The summed E-state index contributed by atoms with van der Waals surface area (Å²) in [6, 6.07) is 7.09. The lowest BCUT2D eigenvalue weighted by molar-refractivity contribution is 0.735. The minimum Gasteiger partial charge on any atom is -0.328 e. The van der Waals surface area contributed by atoms with Gasteiger partial charge in [-0.2, -0.15) is 0 Å². The summed E-state index contributed by atoms with van der Waals surface area (Å²) >= 11 is 1.99. The van der Waals surface area contributed by atoms with Crippen LogP contribution in [-0.2, 0) is 12.8 Å². The smallest absolute Gasteiger partial charge is 0.0104 e. The van der Waals surface area contributed by atoms with E-state index in [-0.39, 0.29) is 6.04 Å². The molecule has 0 amide bonds. The molecule has 0 spiro atoms. The molecule has 0 aliphatic carbocycles. The average molecular weight is 207 g/mol. The molecule has 0 bridgehead atoms. The first-order valence-corrected chi connectivity index (χ1v) is 6.24. The van der Waals surface area contributed by atoms with Gasteiger partial charge >= 0.3 is 0 Å². The number of hydrogen-bond acceptors (Lipinski definition) is 2. The minimum atomic E-state index is 0.268. The number of nitrogens with two attached hydrogens (primary N) is 1. The number of benzene rings is 1. The molecule has 1 unspecified atom stereocenters. The largest absolute Gasteiger partial charge is 0.328 e. The van der Waals surface area contributed by atoms with Crippen molar-refractivity contribution in [3.8, 4) is 0 Å². The number of rotatable bonds is 2. The highest BCUT2D eigenvalue weighted by molar-refractivity contribution is 7.99. The Balaban J connectivity index is 2.20. The summed E-state index contributed by atoms with van der Waals surface area (Å²) in [7, 11) is 0. The maximum atomic E-state index is 5.80. The van der Waals surface area contributed by atoms with Crippen LogP contribution in [0, 0.1) is 0 Å². The lowest BCUT2D eigenvalue weighted by atomic mass is 10.0. The van der Waals surface area contributed by atoms with Crippen molar-refractivity contribution < 1.29 is 0 Å². The predicted molar refractivity (Wildman–Crippen MR) is 62.8 cm³/mol. The average Bonchev–Trinajstić information content (AvgIpc) is 2.17. The second kappa shape index (κ2) is 4.37. The van der Waals surface area contributed by atoms with Gasteiger partial charge in [0.15, 0.2) is 0 Å². The molecule has 0 radical (unpaired) electrons. The lowest BCUT2D eigenvalue weighted by Crippen LogP contribution is -2.18. The molecule has 14 heavy (non-hydrogen) atoms. The molecule has 1 aromatic carbocycles. The highest BCUT2D eigenvalue weighted by atomic mass is 32.2. The van der Waals surface area contributed by atoms with Gasteiger partial charge in [0.1, 0.15) is 0 Å². The molecule has 2 N–H and O–H groups in total. The van der Waals surface area contributed by atoms with Gasteiger partial charge in [-0.3, -0.25) is 0 Å². The first-order valence-electron chi connectivity index (χ1n) is 5.26.